The Hall–Kier alpha value is -1.61. The maximum Gasteiger partial charge on any atom is 0.466 e. The largest absolute Gasteiger partial charge is 0.466 e. The number of nitrogens with zero attached hydrogens (tertiary/aromatic N) is 1. The van der Waals surface area contributed by atoms with Crippen molar-refractivity contribution in [3.63, 3.8) is 0 Å². The molecular formula is C13H21N2O7P. The van der Waals surface area contributed by atoms with Gasteiger partial charge >= 0.3 is 7.82 Å². The molecule has 0 aliphatic heterocycles. The third-order valence-electron chi connectivity index (χ3n) is 2.49. The van der Waals surface area contributed by atoms with Crippen LogP contribution in [0.15, 0.2) is 30.3 Å². The number of nitrogens with two attached hydrogens (primary N) is 1. The summed E-state index contributed by atoms with van der Waals surface area (Å²) in [6.45, 7) is 0.169. The number of phosphoric acid groups is 1. The molecule has 10 heteroatoms. The van der Waals surface area contributed by atoms with Crippen molar-refractivity contribution in [2.24, 2.45) is 5.73 Å². The van der Waals surface area contributed by atoms with Crippen LogP contribution in [0.1, 0.15) is 23.2 Å². The first-order valence-electron chi connectivity index (χ1n) is 6.69. The van der Waals surface area contributed by atoms with Crippen LogP contribution in [0.2, 0.25) is 0 Å². The number of amides is 2. The second-order valence-electron chi connectivity index (χ2n) is 4.35. The van der Waals surface area contributed by atoms with Crippen molar-refractivity contribution >= 4 is 19.6 Å². The van der Waals surface area contributed by atoms with Gasteiger partial charge in [-0.15, -0.1) is 0 Å². The highest BCUT2D eigenvalue weighted by Crippen LogP contribution is 2.25. The van der Waals surface area contributed by atoms with Gasteiger partial charge in [-0.05, 0) is 25.1 Å². The lowest BCUT2D eigenvalue weighted by atomic mass is 10.2. The summed E-state index contributed by atoms with van der Waals surface area (Å²) >= 11 is 0. The summed E-state index contributed by atoms with van der Waals surface area (Å²) in [5.41, 5.74) is 5.77. The fourth-order valence-corrected chi connectivity index (χ4v) is 1.56. The van der Waals surface area contributed by atoms with E-state index in [-0.39, 0.29) is 31.4 Å². The maximum atomic E-state index is 12.1. The van der Waals surface area contributed by atoms with E-state index in [0.717, 1.165) is 4.90 Å². The zero-order valence-electron chi connectivity index (χ0n) is 12.4. The summed E-state index contributed by atoms with van der Waals surface area (Å²) in [5, 5.41) is 8.94. The van der Waals surface area contributed by atoms with Crippen LogP contribution in [0.3, 0.4) is 0 Å². The minimum atomic E-state index is -4.64. The number of rotatable bonds is 6. The predicted octanol–water partition coefficient (Wildman–Crippen LogP) is -0.542. The maximum absolute atomic E-state index is 12.1. The molecule has 1 aromatic rings. The van der Waals surface area contributed by atoms with E-state index < -0.39 is 7.82 Å². The van der Waals surface area contributed by atoms with Crippen LogP contribution in [-0.2, 0) is 9.36 Å². The third kappa shape index (κ3) is 10.7. The van der Waals surface area contributed by atoms with Crippen LogP contribution in [0.25, 0.3) is 0 Å². The molecule has 0 fully saturated rings. The molecule has 0 saturated carbocycles. The number of carbonyl (C=O) groups excluding carboxylic acids is 2. The molecule has 6 N–H and O–H groups in total. The van der Waals surface area contributed by atoms with E-state index in [2.05, 4.69) is 0 Å². The quantitative estimate of drug-likeness (QED) is 0.428. The van der Waals surface area contributed by atoms with Gasteiger partial charge in [-0.1, -0.05) is 18.2 Å². The average molecular weight is 348 g/mol. The topological polar surface area (TPSA) is 161 Å². The third-order valence-corrected chi connectivity index (χ3v) is 2.49. The van der Waals surface area contributed by atoms with Gasteiger partial charge < -0.3 is 25.5 Å². The van der Waals surface area contributed by atoms with Crippen molar-refractivity contribution in [3.05, 3.63) is 35.9 Å². The Morgan fingerprint density at radius 3 is 2.09 bits per heavy atom. The molecule has 0 aliphatic rings. The zero-order chi connectivity index (χ0) is 17.9. The Balaban J connectivity index is 0.000000841. The van der Waals surface area contributed by atoms with Gasteiger partial charge in [0.2, 0.25) is 5.91 Å². The molecule has 2 amide bonds. The predicted molar refractivity (Wildman–Crippen MR) is 82.1 cm³/mol. The van der Waals surface area contributed by atoms with E-state index >= 15 is 0 Å². The summed E-state index contributed by atoms with van der Waals surface area (Å²) in [6, 6.07) is 8.54. The highest BCUT2D eigenvalue weighted by Gasteiger charge is 2.21. The first-order valence-corrected chi connectivity index (χ1v) is 8.26. The Morgan fingerprint density at radius 1 is 1.13 bits per heavy atom. The van der Waals surface area contributed by atoms with Crippen LogP contribution in [0.4, 0.5) is 0 Å². The van der Waals surface area contributed by atoms with Gasteiger partial charge in [-0.25, -0.2) is 4.57 Å². The van der Waals surface area contributed by atoms with Crippen LogP contribution in [0, 0.1) is 0 Å². The molecule has 130 valence electrons. The molecule has 0 spiro atoms. The van der Waals surface area contributed by atoms with Gasteiger partial charge in [0.25, 0.3) is 5.91 Å². The van der Waals surface area contributed by atoms with Gasteiger partial charge in [-0.2, -0.15) is 0 Å². The number of hydrogen-bond donors (Lipinski definition) is 5. The van der Waals surface area contributed by atoms with E-state index in [1.165, 1.54) is 0 Å². The van der Waals surface area contributed by atoms with Crippen molar-refractivity contribution in [3.8, 4) is 0 Å². The Labute approximate surface area is 133 Å². The summed E-state index contributed by atoms with van der Waals surface area (Å²) in [5.74, 6) is -0.685. The summed E-state index contributed by atoms with van der Waals surface area (Å²) < 4.78 is 8.88. The molecule has 0 heterocycles. The smallest absolute Gasteiger partial charge is 0.395 e. The molecule has 1 aromatic carbocycles. The molecule has 1 rings (SSSR count). The summed E-state index contributed by atoms with van der Waals surface area (Å²) in [7, 11) is -4.64. The van der Waals surface area contributed by atoms with Crippen LogP contribution in [-0.4, -0.2) is 56.2 Å². The monoisotopic (exact) mass is 348 g/mol. The van der Waals surface area contributed by atoms with Crippen molar-refractivity contribution < 1.29 is 33.9 Å². The minimum absolute atomic E-state index is 0.0110. The number of hydrogen-bond acceptors (Lipinski definition) is 5. The molecule has 0 saturated heterocycles. The molecule has 0 radical (unpaired) electrons. The number of benzene rings is 1. The standard InChI is InChI=1S/C13H18N2O3.H3O4P/c14-8-4-7-12(17)15(9-10-16)13(18)11-5-2-1-3-6-11;1-5(2,3)4/h1-3,5-6,16H,4,7-10,14H2;(H3,1,2,3,4). The molecular weight excluding hydrogens is 327 g/mol. The van der Waals surface area contributed by atoms with Crippen LogP contribution < -0.4 is 5.73 Å². The van der Waals surface area contributed by atoms with Gasteiger partial charge in [0.1, 0.15) is 0 Å². The average Bonchev–Trinajstić information content (AvgIpc) is 2.49. The zero-order valence-corrected chi connectivity index (χ0v) is 13.3. The fraction of sp³-hybridized carbons (Fsp3) is 0.385. The van der Waals surface area contributed by atoms with Crippen molar-refractivity contribution in [2.45, 2.75) is 12.8 Å². The second-order valence-corrected chi connectivity index (χ2v) is 5.37. The van der Waals surface area contributed by atoms with Crippen molar-refractivity contribution in [1.82, 2.24) is 4.90 Å². The van der Waals surface area contributed by atoms with Crippen molar-refractivity contribution in [2.75, 3.05) is 19.7 Å². The Morgan fingerprint density at radius 2 is 1.65 bits per heavy atom. The minimum Gasteiger partial charge on any atom is -0.395 e. The molecule has 0 unspecified atom stereocenters. The first kappa shape index (κ1) is 21.4. The van der Waals surface area contributed by atoms with E-state index in [1.54, 1.807) is 30.3 Å². The highest BCUT2D eigenvalue weighted by atomic mass is 31.2. The molecule has 0 aromatic heterocycles. The molecule has 0 atom stereocenters. The van der Waals surface area contributed by atoms with E-state index in [9.17, 15) is 9.59 Å². The SMILES string of the molecule is NCCCC(=O)N(CCO)C(=O)c1ccccc1.O=P(O)(O)O. The van der Waals surface area contributed by atoms with Crippen LogP contribution in [0.5, 0.6) is 0 Å². The molecule has 0 aliphatic carbocycles. The lowest BCUT2D eigenvalue weighted by Gasteiger charge is -2.19. The van der Waals surface area contributed by atoms with Gasteiger partial charge in [-0.3, -0.25) is 14.5 Å². The molecule has 9 nitrogen and oxygen atoms in total. The normalized spacial score (nSPS) is 10.5. The lowest BCUT2D eigenvalue weighted by Crippen LogP contribution is -2.39. The van der Waals surface area contributed by atoms with E-state index in [1.807, 2.05) is 0 Å². The van der Waals surface area contributed by atoms with Gasteiger partial charge in [0.05, 0.1) is 13.2 Å². The second kappa shape index (κ2) is 11.0. The van der Waals surface area contributed by atoms with Gasteiger partial charge in [0.15, 0.2) is 0 Å². The van der Waals surface area contributed by atoms with E-state index in [0.29, 0.717) is 18.5 Å². The molecule has 0 bridgehead atoms. The molecule has 23 heavy (non-hydrogen) atoms. The number of imide groups is 1. The van der Waals surface area contributed by atoms with Crippen molar-refractivity contribution in [1.29, 1.82) is 0 Å². The van der Waals surface area contributed by atoms with Gasteiger partial charge in [0, 0.05) is 12.0 Å². The number of carbonyl (C=O) groups is 2. The fourth-order valence-electron chi connectivity index (χ4n) is 1.56. The highest BCUT2D eigenvalue weighted by molar-refractivity contribution is 7.45. The Kier molecular flexibility index (Phi) is 10.2. The van der Waals surface area contributed by atoms with Crippen LogP contribution >= 0.6 is 7.82 Å². The number of aliphatic hydroxyl groups excluding tert-OH is 1. The lowest BCUT2D eigenvalue weighted by molar-refractivity contribution is -0.129. The first-order chi connectivity index (χ1) is 10.7. The summed E-state index contributed by atoms with van der Waals surface area (Å²) in [4.78, 5) is 46.6. The summed E-state index contributed by atoms with van der Waals surface area (Å²) in [6.07, 6.45) is 0.748. The van der Waals surface area contributed by atoms with E-state index in [4.69, 9.17) is 30.1 Å². The number of aliphatic hydroxyl groups is 1. The Bertz CT molecular complexity index is 524.